The minimum atomic E-state index is -2.88. The molecule has 1 heterocycles. The van der Waals surface area contributed by atoms with E-state index in [0.29, 0.717) is 11.3 Å². The Morgan fingerprint density at radius 1 is 1.13 bits per heavy atom. The predicted molar refractivity (Wildman–Crippen MR) is 82.0 cm³/mol. The van der Waals surface area contributed by atoms with Crippen LogP contribution in [-0.4, -0.2) is 12.5 Å². The second-order valence-electron chi connectivity index (χ2n) is 4.91. The van der Waals surface area contributed by atoms with E-state index in [0.717, 1.165) is 10.9 Å². The normalized spacial score (nSPS) is 11.0. The molecule has 0 radical (unpaired) electrons. The number of hydrogen-bond donors (Lipinski definition) is 1. The van der Waals surface area contributed by atoms with Crippen molar-refractivity contribution in [3.05, 3.63) is 59.9 Å². The van der Waals surface area contributed by atoms with Crippen molar-refractivity contribution in [3.8, 4) is 5.75 Å². The Morgan fingerprint density at radius 3 is 2.48 bits per heavy atom. The number of aryl methyl sites for hydroxylation is 1. The molecule has 4 nitrogen and oxygen atoms in total. The number of nitrogens with one attached hydrogen (secondary N) is 1. The van der Waals surface area contributed by atoms with Gasteiger partial charge in [0.1, 0.15) is 11.3 Å². The van der Waals surface area contributed by atoms with Gasteiger partial charge in [0.05, 0.1) is 0 Å². The summed E-state index contributed by atoms with van der Waals surface area (Å²) in [6.45, 7) is -1.08. The van der Waals surface area contributed by atoms with E-state index >= 15 is 0 Å². The zero-order valence-corrected chi connectivity index (χ0v) is 12.2. The highest BCUT2D eigenvalue weighted by atomic mass is 19.3. The third-order valence-electron chi connectivity index (χ3n) is 3.39. The standard InChI is InChI=1S/C17H13F2NO3/c1-10-13-4-2-3-5-14(13)23-15(10)16(21)20-11-6-8-12(9-7-11)22-17(18)19/h2-9,17H,1H3,(H,20,21). The highest BCUT2D eigenvalue weighted by molar-refractivity contribution is 6.06. The van der Waals surface area contributed by atoms with E-state index in [4.69, 9.17) is 4.42 Å². The molecule has 118 valence electrons. The van der Waals surface area contributed by atoms with Crippen LogP contribution in [0, 0.1) is 6.92 Å². The van der Waals surface area contributed by atoms with Crippen molar-refractivity contribution < 1.29 is 22.7 Å². The number of halogens is 2. The van der Waals surface area contributed by atoms with E-state index in [1.54, 1.807) is 13.0 Å². The van der Waals surface area contributed by atoms with Crippen molar-refractivity contribution >= 4 is 22.6 Å². The minimum absolute atomic E-state index is 0.0258. The van der Waals surface area contributed by atoms with Gasteiger partial charge >= 0.3 is 6.61 Å². The summed E-state index contributed by atoms with van der Waals surface area (Å²) < 4.78 is 34.0. The maximum absolute atomic E-state index is 12.3. The smallest absolute Gasteiger partial charge is 0.387 e. The van der Waals surface area contributed by atoms with E-state index in [1.807, 2.05) is 18.2 Å². The molecule has 0 fully saturated rings. The lowest BCUT2D eigenvalue weighted by Crippen LogP contribution is -2.12. The highest BCUT2D eigenvalue weighted by Gasteiger charge is 2.17. The molecule has 3 rings (SSSR count). The van der Waals surface area contributed by atoms with Crippen LogP contribution in [0.2, 0.25) is 0 Å². The molecule has 6 heteroatoms. The Labute approximate surface area is 130 Å². The quantitative estimate of drug-likeness (QED) is 0.765. The van der Waals surface area contributed by atoms with Gasteiger partial charge in [0.2, 0.25) is 0 Å². The van der Waals surface area contributed by atoms with E-state index in [-0.39, 0.29) is 11.5 Å². The summed E-state index contributed by atoms with van der Waals surface area (Å²) in [5, 5.41) is 3.54. The van der Waals surface area contributed by atoms with E-state index in [2.05, 4.69) is 10.1 Å². The summed E-state index contributed by atoms with van der Waals surface area (Å²) in [6.07, 6.45) is 0. The summed E-state index contributed by atoms with van der Waals surface area (Å²) in [7, 11) is 0. The summed E-state index contributed by atoms with van der Waals surface area (Å²) >= 11 is 0. The Morgan fingerprint density at radius 2 is 1.83 bits per heavy atom. The molecule has 0 bridgehead atoms. The van der Waals surface area contributed by atoms with Gasteiger partial charge in [-0.1, -0.05) is 18.2 Å². The second kappa shape index (κ2) is 6.08. The maximum atomic E-state index is 12.3. The fourth-order valence-corrected chi connectivity index (χ4v) is 2.30. The molecule has 3 aromatic rings. The lowest BCUT2D eigenvalue weighted by Gasteiger charge is -2.06. The number of carbonyl (C=O) groups is 1. The number of alkyl halides is 2. The zero-order valence-electron chi connectivity index (χ0n) is 12.2. The molecular formula is C17H13F2NO3. The molecule has 1 N–H and O–H groups in total. The number of furan rings is 1. The number of ether oxygens (including phenoxy) is 1. The number of carbonyl (C=O) groups excluding carboxylic acids is 1. The first kappa shape index (κ1) is 15.0. The average molecular weight is 317 g/mol. The summed E-state index contributed by atoms with van der Waals surface area (Å²) in [4.78, 5) is 12.3. The van der Waals surface area contributed by atoms with Crippen molar-refractivity contribution in [3.63, 3.8) is 0 Å². The molecule has 0 aliphatic rings. The monoisotopic (exact) mass is 317 g/mol. The van der Waals surface area contributed by atoms with Gasteiger partial charge in [-0.2, -0.15) is 8.78 Å². The topological polar surface area (TPSA) is 51.5 Å². The summed E-state index contributed by atoms with van der Waals surface area (Å²) in [6, 6.07) is 13.0. The fraction of sp³-hybridized carbons (Fsp3) is 0.118. The highest BCUT2D eigenvalue weighted by Crippen LogP contribution is 2.26. The molecule has 0 spiro atoms. The van der Waals surface area contributed by atoms with Crippen LogP contribution in [0.5, 0.6) is 5.75 Å². The first-order valence-electron chi connectivity index (χ1n) is 6.89. The van der Waals surface area contributed by atoms with Crippen LogP contribution in [0.15, 0.2) is 52.9 Å². The molecule has 0 saturated carbocycles. The third kappa shape index (κ3) is 3.15. The molecule has 2 aromatic carbocycles. The van der Waals surface area contributed by atoms with Crippen molar-refractivity contribution in [2.45, 2.75) is 13.5 Å². The molecule has 1 amide bonds. The molecular weight excluding hydrogens is 304 g/mol. The van der Waals surface area contributed by atoms with Gasteiger partial charge in [0.15, 0.2) is 5.76 Å². The van der Waals surface area contributed by atoms with Crippen LogP contribution in [0.1, 0.15) is 16.1 Å². The van der Waals surface area contributed by atoms with E-state index < -0.39 is 12.5 Å². The van der Waals surface area contributed by atoms with Gasteiger partial charge in [0.25, 0.3) is 5.91 Å². The van der Waals surface area contributed by atoms with Crippen molar-refractivity contribution in [1.82, 2.24) is 0 Å². The number of benzene rings is 2. The predicted octanol–water partition coefficient (Wildman–Crippen LogP) is 4.59. The van der Waals surface area contributed by atoms with Crippen LogP contribution in [0.3, 0.4) is 0 Å². The summed E-state index contributed by atoms with van der Waals surface area (Å²) in [5.74, 6) is -0.154. The number of fused-ring (bicyclic) bond motifs is 1. The number of rotatable bonds is 4. The number of hydrogen-bond acceptors (Lipinski definition) is 3. The molecule has 0 atom stereocenters. The molecule has 1 aromatic heterocycles. The Bertz CT molecular complexity index is 841. The number of amides is 1. The molecule has 0 aliphatic carbocycles. The molecule has 0 saturated heterocycles. The first-order valence-corrected chi connectivity index (χ1v) is 6.89. The fourth-order valence-electron chi connectivity index (χ4n) is 2.30. The average Bonchev–Trinajstić information content (AvgIpc) is 2.86. The van der Waals surface area contributed by atoms with Crippen LogP contribution in [-0.2, 0) is 0 Å². The van der Waals surface area contributed by atoms with E-state index in [1.165, 1.54) is 24.3 Å². The van der Waals surface area contributed by atoms with Crippen LogP contribution < -0.4 is 10.1 Å². The van der Waals surface area contributed by atoms with Gasteiger partial charge in [-0.05, 0) is 37.3 Å². The van der Waals surface area contributed by atoms with Crippen LogP contribution >= 0.6 is 0 Å². The van der Waals surface area contributed by atoms with Gasteiger partial charge in [-0.15, -0.1) is 0 Å². The largest absolute Gasteiger partial charge is 0.451 e. The van der Waals surface area contributed by atoms with Crippen molar-refractivity contribution in [2.75, 3.05) is 5.32 Å². The Balaban J connectivity index is 1.79. The molecule has 0 unspecified atom stereocenters. The molecule has 0 aliphatic heterocycles. The van der Waals surface area contributed by atoms with Gasteiger partial charge in [0, 0.05) is 16.6 Å². The Kier molecular flexibility index (Phi) is 3.97. The SMILES string of the molecule is Cc1c(C(=O)Nc2ccc(OC(F)F)cc2)oc2ccccc12. The van der Waals surface area contributed by atoms with E-state index in [9.17, 15) is 13.6 Å². The van der Waals surface area contributed by atoms with Crippen LogP contribution in [0.25, 0.3) is 11.0 Å². The number of anilines is 1. The van der Waals surface area contributed by atoms with Gasteiger partial charge in [-0.25, -0.2) is 0 Å². The van der Waals surface area contributed by atoms with Crippen molar-refractivity contribution in [2.24, 2.45) is 0 Å². The molecule has 23 heavy (non-hydrogen) atoms. The first-order chi connectivity index (χ1) is 11.0. The third-order valence-corrected chi connectivity index (χ3v) is 3.39. The number of para-hydroxylation sites is 1. The lowest BCUT2D eigenvalue weighted by molar-refractivity contribution is -0.0498. The second-order valence-corrected chi connectivity index (χ2v) is 4.91. The Hall–Kier alpha value is -2.89. The van der Waals surface area contributed by atoms with Gasteiger partial charge in [-0.3, -0.25) is 4.79 Å². The maximum Gasteiger partial charge on any atom is 0.387 e. The van der Waals surface area contributed by atoms with Crippen molar-refractivity contribution in [1.29, 1.82) is 0 Å². The van der Waals surface area contributed by atoms with Gasteiger partial charge < -0.3 is 14.5 Å². The minimum Gasteiger partial charge on any atom is -0.451 e. The zero-order chi connectivity index (χ0) is 16.4. The summed E-state index contributed by atoms with van der Waals surface area (Å²) in [5.41, 5.74) is 1.84. The lowest BCUT2D eigenvalue weighted by atomic mass is 10.1. The van der Waals surface area contributed by atoms with Crippen LogP contribution in [0.4, 0.5) is 14.5 Å².